The van der Waals surface area contributed by atoms with Gasteiger partial charge in [-0.3, -0.25) is 4.79 Å². The molecule has 1 aromatic heterocycles. The molecule has 0 aliphatic rings. The van der Waals surface area contributed by atoms with E-state index in [0.717, 1.165) is 9.33 Å². The minimum Gasteiger partial charge on any atom is -0.460 e. The molecule has 0 radical (unpaired) electrons. The van der Waals surface area contributed by atoms with Gasteiger partial charge in [0.2, 0.25) is 0 Å². The van der Waals surface area contributed by atoms with Crippen LogP contribution in [0, 0.1) is 10.5 Å². The Morgan fingerprint density at radius 3 is 2.47 bits per heavy atom. The van der Waals surface area contributed by atoms with E-state index in [-0.39, 0.29) is 5.91 Å². The van der Waals surface area contributed by atoms with Gasteiger partial charge in [0.15, 0.2) is 0 Å². The molecular weight excluding hydrogens is 355 g/mol. The Morgan fingerprint density at radius 2 is 1.89 bits per heavy atom. The fourth-order valence-corrected chi connectivity index (χ4v) is 1.84. The third-order valence-corrected chi connectivity index (χ3v) is 3.25. The number of furan rings is 1. The predicted octanol–water partition coefficient (Wildman–Crippen LogP) is 3.35. The molecule has 2 aromatic rings. The first-order valence-corrected chi connectivity index (χ1v) is 6.81. The molecule has 98 valence electrons. The lowest BCUT2D eigenvalue weighted by Gasteiger charge is -2.01. The first kappa shape index (κ1) is 13.8. The standard InChI is InChI=1S/C14H13IN2O2/c1-9-3-8-13(19-9)10(2)16-17-14(18)11-4-6-12(15)7-5-11/h3-8H,1-2H3,(H,17,18)/b16-10-. The monoisotopic (exact) mass is 368 g/mol. The highest BCUT2D eigenvalue weighted by Crippen LogP contribution is 2.08. The van der Waals surface area contributed by atoms with Crippen molar-refractivity contribution in [3.63, 3.8) is 0 Å². The van der Waals surface area contributed by atoms with Crippen molar-refractivity contribution in [3.05, 3.63) is 57.1 Å². The number of amides is 1. The molecule has 0 saturated carbocycles. The topological polar surface area (TPSA) is 54.6 Å². The average Bonchev–Trinajstić information content (AvgIpc) is 2.83. The fraction of sp³-hybridized carbons (Fsp3) is 0.143. The smallest absolute Gasteiger partial charge is 0.271 e. The van der Waals surface area contributed by atoms with Crippen LogP contribution in [0.25, 0.3) is 0 Å². The summed E-state index contributed by atoms with van der Waals surface area (Å²) in [7, 11) is 0. The van der Waals surface area contributed by atoms with Gasteiger partial charge in [-0.05, 0) is 72.8 Å². The van der Waals surface area contributed by atoms with Gasteiger partial charge in [0, 0.05) is 9.13 Å². The summed E-state index contributed by atoms with van der Waals surface area (Å²) in [5, 5.41) is 4.03. The van der Waals surface area contributed by atoms with E-state index in [1.54, 1.807) is 19.1 Å². The lowest BCUT2D eigenvalue weighted by atomic mass is 10.2. The summed E-state index contributed by atoms with van der Waals surface area (Å²) in [6.07, 6.45) is 0. The van der Waals surface area contributed by atoms with Crippen molar-refractivity contribution >= 4 is 34.2 Å². The van der Waals surface area contributed by atoms with Crippen molar-refractivity contribution in [1.29, 1.82) is 0 Å². The number of hydrogen-bond donors (Lipinski definition) is 1. The Labute approximate surface area is 125 Å². The summed E-state index contributed by atoms with van der Waals surface area (Å²) in [4.78, 5) is 11.8. The molecular formula is C14H13IN2O2. The summed E-state index contributed by atoms with van der Waals surface area (Å²) in [5.74, 6) is 1.23. The normalized spacial score (nSPS) is 11.4. The molecule has 5 heteroatoms. The van der Waals surface area contributed by atoms with Crippen molar-refractivity contribution in [3.8, 4) is 0 Å². The Morgan fingerprint density at radius 1 is 1.21 bits per heavy atom. The van der Waals surface area contributed by atoms with E-state index in [1.807, 2.05) is 31.2 Å². The zero-order valence-corrected chi connectivity index (χ0v) is 12.8. The molecule has 0 unspecified atom stereocenters. The van der Waals surface area contributed by atoms with Crippen molar-refractivity contribution in [2.45, 2.75) is 13.8 Å². The minimum atomic E-state index is -0.237. The Kier molecular flexibility index (Phi) is 4.36. The van der Waals surface area contributed by atoms with Crippen LogP contribution in [0.1, 0.15) is 28.8 Å². The number of rotatable bonds is 3. The number of carbonyl (C=O) groups is 1. The maximum atomic E-state index is 11.8. The zero-order chi connectivity index (χ0) is 13.8. The highest BCUT2D eigenvalue weighted by molar-refractivity contribution is 14.1. The molecule has 0 aliphatic heterocycles. The van der Waals surface area contributed by atoms with Gasteiger partial charge in [-0.25, -0.2) is 5.43 Å². The second-order valence-electron chi connectivity index (χ2n) is 4.06. The van der Waals surface area contributed by atoms with Crippen molar-refractivity contribution in [1.82, 2.24) is 5.43 Å². The lowest BCUT2D eigenvalue weighted by molar-refractivity contribution is 0.0955. The second kappa shape index (κ2) is 6.01. The van der Waals surface area contributed by atoms with Gasteiger partial charge in [0.25, 0.3) is 5.91 Å². The van der Waals surface area contributed by atoms with Crippen LogP contribution in [-0.4, -0.2) is 11.6 Å². The van der Waals surface area contributed by atoms with Crippen LogP contribution >= 0.6 is 22.6 Å². The van der Waals surface area contributed by atoms with Crippen LogP contribution in [0.4, 0.5) is 0 Å². The molecule has 0 saturated heterocycles. The van der Waals surface area contributed by atoms with E-state index < -0.39 is 0 Å². The largest absolute Gasteiger partial charge is 0.460 e. The lowest BCUT2D eigenvalue weighted by Crippen LogP contribution is -2.19. The number of hydrazone groups is 1. The average molecular weight is 368 g/mol. The first-order valence-electron chi connectivity index (χ1n) is 5.73. The van der Waals surface area contributed by atoms with Gasteiger partial charge in [-0.2, -0.15) is 5.10 Å². The summed E-state index contributed by atoms with van der Waals surface area (Å²) >= 11 is 2.19. The van der Waals surface area contributed by atoms with E-state index in [1.165, 1.54) is 0 Å². The molecule has 0 fully saturated rings. The molecule has 1 N–H and O–H groups in total. The maximum absolute atomic E-state index is 11.8. The number of nitrogens with one attached hydrogen (secondary N) is 1. The zero-order valence-electron chi connectivity index (χ0n) is 10.6. The second-order valence-corrected chi connectivity index (χ2v) is 5.30. The molecule has 0 spiro atoms. The Hall–Kier alpha value is -1.63. The van der Waals surface area contributed by atoms with Gasteiger partial charge >= 0.3 is 0 Å². The molecule has 0 bridgehead atoms. The number of nitrogens with zero attached hydrogens (tertiary/aromatic N) is 1. The van der Waals surface area contributed by atoms with E-state index in [2.05, 4.69) is 33.1 Å². The highest BCUT2D eigenvalue weighted by atomic mass is 127. The quantitative estimate of drug-likeness (QED) is 0.513. The molecule has 1 aromatic carbocycles. The third kappa shape index (κ3) is 3.66. The highest BCUT2D eigenvalue weighted by Gasteiger charge is 2.06. The van der Waals surface area contributed by atoms with Gasteiger partial charge in [0.1, 0.15) is 17.2 Å². The van der Waals surface area contributed by atoms with Gasteiger partial charge in [-0.1, -0.05) is 0 Å². The molecule has 1 heterocycles. The van der Waals surface area contributed by atoms with Gasteiger partial charge in [0.05, 0.1) is 0 Å². The molecule has 0 aliphatic carbocycles. The first-order chi connectivity index (χ1) is 9.06. The van der Waals surface area contributed by atoms with E-state index in [4.69, 9.17) is 4.42 Å². The van der Waals surface area contributed by atoms with Crippen LogP contribution in [0.5, 0.6) is 0 Å². The SMILES string of the molecule is C/C(=N/NC(=O)c1ccc(I)cc1)c1ccc(C)o1. The predicted molar refractivity (Wildman–Crippen MR) is 82.3 cm³/mol. The molecule has 19 heavy (non-hydrogen) atoms. The van der Waals surface area contributed by atoms with Crippen LogP contribution in [0.15, 0.2) is 45.9 Å². The van der Waals surface area contributed by atoms with Crippen LogP contribution in [0.3, 0.4) is 0 Å². The minimum absolute atomic E-state index is 0.237. The van der Waals surface area contributed by atoms with E-state index >= 15 is 0 Å². The maximum Gasteiger partial charge on any atom is 0.271 e. The van der Waals surface area contributed by atoms with E-state index in [0.29, 0.717) is 17.0 Å². The number of halogens is 1. The summed E-state index contributed by atoms with van der Waals surface area (Å²) < 4.78 is 6.50. The van der Waals surface area contributed by atoms with Crippen LogP contribution in [0.2, 0.25) is 0 Å². The summed E-state index contributed by atoms with van der Waals surface area (Å²) in [6, 6.07) is 11.0. The van der Waals surface area contributed by atoms with Gasteiger partial charge in [-0.15, -0.1) is 0 Å². The third-order valence-electron chi connectivity index (χ3n) is 2.53. The Balaban J connectivity index is 2.05. The summed E-state index contributed by atoms with van der Waals surface area (Å²) in [5.41, 5.74) is 3.72. The number of hydrogen-bond acceptors (Lipinski definition) is 3. The van der Waals surface area contributed by atoms with Crippen molar-refractivity contribution < 1.29 is 9.21 Å². The van der Waals surface area contributed by atoms with E-state index in [9.17, 15) is 4.79 Å². The number of aryl methyl sites for hydroxylation is 1. The fourth-order valence-electron chi connectivity index (χ4n) is 1.48. The van der Waals surface area contributed by atoms with Crippen molar-refractivity contribution in [2.24, 2.45) is 5.10 Å². The van der Waals surface area contributed by atoms with Crippen LogP contribution < -0.4 is 5.43 Å². The molecule has 1 amide bonds. The van der Waals surface area contributed by atoms with Gasteiger partial charge < -0.3 is 4.42 Å². The number of benzene rings is 1. The molecule has 0 atom stereocenters. The van der Waals surface area contributed by atoms with Crippen molar-refractivity contribution in [2.75, 3.05) is 0 Å². The molecule has 4 nitrogen and oxygen atoms in total. The number of carbonyl (C=O) groups excluding carboxylic acids is 1. The van der Waals surface area contributed by atoms with Crippen LogP contribution in [-0.2, 0) is 0 Å². The summed E-state index contributed by atoms with van der Waals surface area (Å²) in [6.45, 7) is 3.65. The Bertz CT molecular complexity index is 615. The molecule has 2 rings (SSSR count).